The third-order valence-electron chi connectivity index (χ3n) is 4.59. The summed E-state index contributed by atoms with van der Waals surface area (Å²) in [7, 11) is 0. The van der Waals surface area contributed by atoms with E-state index >= 15 is 0 Å². The Kier molecular flexibility index (Phi) is 4.47. The lowest BCUT2D eigenvalue weighted by molar-refractivity contribution is 0.0710. The Labute approximate surface area is 156 Å². The molecule has 1 aromatic heterocycles. The highest BCUT2D eigenvalue weighted by molar-refractivity contribution is 6.30. The summed E-state index contributed by atoms with van der Waals surface area (Å²) in [6.07, 6.45) is 1.71. The van der Waals surface area contributed by atoms with Crippen LogP contribution in [-0.4, -0.2) is 27.5 Å². The molecule has 0 N–H and O–H groups in total. The average molecular weight is 368 g/mol. The van der Waals surface area contributed by atoms with E-state index in [-0.39, 0.29) is 11.9 Å². The van der Waals surface area contributed by atoms with E-state index in [4.69, 9.17) is 16.1 Å². The van der Waals surface area contributed by atoms with Crippen LogP contribution in [0.4, 0.5) is 0 Å². The molecule has 5 nitrogen and oxygen atoms in total. The molecule has 1 aliphatic heterocycles. The first kappa shape index (κ1) is 16.8. The van der Waals surface area contributed by atoms with Crippen molar-refractivity contribution in [3.8, 4) is 11.4 Å². The molecule has 2 heterocycles. The molecule has 26 heavy (non-hydrogen) atoms. The molecule has 0 saturated carbocycles. The van der Waals surface area contributed by atoms with Gasteiger partial charge in [0.25, 0.3) is 5.91 Å². The molecule has 1 amide bonds. The summed E-state index contributed by atoms with van der Waals surface area (Å²) in [6.45, 7) is 2.69. The van der Waals surface area contributed by atoms with Gasteiger partial charge in [0.05, 0.1) is 0 Å². The number of likely N-dealkylation sites (tertiary alicyclic amines) is 1. The van der Waals surface area contributed by atoms with Gasteiger partial charge in [-0.25, -0.2) is 0 Å². The van der Waals surface area contributed by atoms with Crippen molar-refractivity contribution >= 4 is 17.5 Å². The van der Waals surface area contributed by atoms with Gasteiger partial charge in [0.1, 0.15) is 6.04 Å². The van der Waals surface area contributed by atoms with Gasteiger partial charge in [-0.15, -0.1) is 0 Å². The van der Waals surface area contributed by atoms with E-state index in [0.29, 0.717) is 28.8 Å². The van der Waals surface area contributed by atoms with Gasteiger partial charge in [0, 0.05) is 22.7 Å². The number of benzene rings is 2. The minimum absolute atomic E-state index is 0.0645. The van der Waals surface area contributed by atoms with Crippen LogP contribution in [-0.2, 0) is 0 Å². The number of nitrogens with zero attached hydrogens (tertiary/aromatic N) is 3. The maximum atomic E-state index is 12.9. The zero-order valence-electron chi connectivity index (χ0n) is 14.4. The summed E-state index contributed by atoms with van der Waals surface area (Å²) < 4.78 is 5.50. The van der Waals surface area contributed by atoms with Crippen LogP contribution >= 0.6 is 11.6 Å². The predicted octanol–water partition coefficient (Wildman–Crippen LogP) is 4.68. The van der Waals surface area contributed by atoms with Crippen molar-refractivity contribution < 1.29 is 9.32 Å². The lowest BCUT2D eigenvalue weighted by Crippen LogP contribution is -2.30. The summed E-state index contributed by atoms with van der Waals surface area (Å²) >= 11 is 6.02. The van der Waals surface area contributed by atoms with Crippen LogP contribution in [0.3, 0.4) is 0 Å². The monoisotopic (exact) mass is 367 g/mol. The number of carbonyl (C=O) groups is 1. The van der Waals surface area contributed by atoms with Crippen molar-refractivity contribution in [2.45, 2.75) is 25.8 Å². The van der Waals surface area contributed by atoms with E-state index in [2.05, 4.69) is 10.1 Å². The van der Waals surface area contributed by atoms with Crippen molar-refractivity contribution in [2.75, 3.05) is 6.54 Å². The Morgan fingerprint density at radius 1 is 1.23 bits per heavy atom. The lowest BCUT2D eigenvalue weighted by atomic mass is 10.1. The molecule has 0 radical (unpaired) electrons. The second-order valence-electron chi connectivity index (χ2n) is 6.49. The SMILES string of the molecule is Cc1cccc(-c2noc([C@H]3CCCN3C(=O)c3cccc(Cl)c3)n2)c1. The van der Waals surface area contributed by atoms with E-state index in [9.17, 15) is 4.79 Å². The van der Waals surface area contributed by atoms with Gasteiger partial charge in [0.15, 0.2) is 0 Å². The molecule has 1 aliphatic rings. The third-order valence-corrected chi connectivity index (χ3v) is 4.82. The Balaban J connectivity index is 1.60. The predicted molar refractivity (Wildman–Crippen MR) is 98.9 cm³/mol. The van der Waals surface area contributed by atoms with Crippen LogP contribution in [0, 0.1) is 6.92 Å². The molecule has 1 fully saturated rings. The van der Waals surface area contributed by atoms with Crippen LogP contribution < -0.4 is 0 Å². The maximum Gasteiger partial charge on any atom is 0.254 e. The quantitative estimate of drug-likeness (QED) is 0.674. The minimum Gasteiger partial charge on any atom is -0.337 e. The molecule has 0 aliphatic carbocycles. The maximum absolute atomic E-state index is 12.9. The highest BCUT2D eigenvalue weighted by Crippen LogP contribution is 2.33. The molecular weight excluding hydrogens is 350 g/mol. The fraction of sp³-hybridized carbons (Fsp3) is 0.250. The molecule has 6 heteroatoms. The van der Waals surface area contributed by atoms with Crippen LogP contribution in [0.2, 0.25) is 5.02 Å². The van der Waals surface area contributed by atoms with E-state index in [1.807, 2.05) is 31.2 Å². The number of aryl methyl sites for hydroxylation is 1. The summed E-state index contributed by atoms with van der Waals surface area (Å²) in [6, 6.07) is 14.7. The van der Waals surface area contributed by atoms with Gasteiger partial charge < -0.3 is 9.42 Å². The lowest BCUT2D eigenvalue weighted by Gasteiger charge is -2.22. The van der Waals surface area contributed by atoms with E-state index in [1.165, 1.54) is 0 Å². The number of amides is 1. The number of rotatable bonds is 3. The highest BCUT2D eigenvalue weighted by Gasteiger charge is 2.34. The van der Waals surface area contributed by atoms with E-state index in [1.54, 1.807) is 29.2 Å². The second-order valence-corrected chi connectivity index (χ2v) is 6.93. The fourth-order valence-electron chi connectivity index (χ4n) is 3.33. The molecule has 0 spiro atoms. The molecule has 2 aromatic carbocycles. The van der Waals surface area contributed by atoms with Crippen molar-refractivity contribution in [3.63, 3.8) is 0 Å². The molecule has 0 bridgehead atoms. The van der Waals surface area contributed by atoms with Gasteiger partial charge >= 0.3 is 0 Å². The molecule has 132 valence electrons. The first-order valence-electron chi connectivity index (χ1n) is 8.59. The van der Waals surface area contributed by atoms with Crippen molar-refractivity contribution in [1.82, 2.24) is 15.0 Å². The Hall–Kier alpha value is -2.66. The molecule has 0 unspecified atom stereocenters. The number of hydrogen-bond acceptors (Lipinski definition) is 4. The number of aromatic nitrogens is 2. The van der Waals surface area contributed by atoms with Gasteiger partial charge in [-0.2, -0.15) is 4.98 Å². The first-order chi connectivity index (χ1) is 12.6. The fourth-order valence-corrected chi connectivity index (χ4v) is 3.52. The minimum atomic E-state index is -0.201. The van der Waals surface area contributed by atoms with Crippen LogP contribution in [0.5, 0.6) is 0 Å². The Morgan fingerprint density at radius 3 is 2.88 bits per heavy atom. The molecule has 3 aromatic rings. The number of halogens is 1. The standard InChI is InChI=1S/C20H18ClN3O2/c1-13-5-2-6-14(11-13)18-22-19(26-23-18)17-9-4-10-24(17)20(25)15-7-3-8-16(21)12-15/h2-3,5-8,11-12,17H,4,9-10H2,1H3/t17-/m1/s1. The largest absolute Gasteiger partial charge is 0.337 e. The molecule has 1 atom stereocenters. The molecule has 4 rings (SSSR count). The smallest absolute Gasteiger partial charge is 0.254 e. The van der Waals surface area contributed by atoms with Crippen molar-refractivity contribution in [3.05, 3.63) is 70.6 Å². The highest BCUT2D eigenvalue weighted by atomic mass is 35.5. The van der Waals surface area contributed by atoms with Gasteiger partial charge in [0.2, 0.25) is 11.7 Å². The van der Waals surface area contributed by atoms with Crippen LogP contribution in [0.15, 0.2) is 53.1 Å². The van der Waals surface area contributed by atoms with E-state index in [0.717, 1.165) is 24.0 Å². The van der Waals surface area contributed by atoms with Gasteiger partial charge in [-0.1, -0.05) is 46.6 Å². The third kappa shape index (κ3) is 3.22. The zero-order chi connectivity index (χ0) is 18.1. The van der Waals surface area contributed by atoms with E-state index < -0.39 is 0 Å². The number of carbonyl (C=O) groups excluding carboxylic acids is 1. The van der Waals surface area contributed by atoms with Crippen molar-refractivity contribution in [2.24, 2.45) is 0 Å². The zero-order valence-corrected chi connectivity index (χ0v) is 15.1. The van der Waals surface area contributed by atoms with Crippen molar-refractivity contribution in [1.29, 1.82) is 0 Å². The summed E-state index contributed by atoms with van der Waals surface area (Å²) in [5, 5.41) is 4.65. The average Bonchev–Trinajstić information content (AvgIpc) is 3.30. The van der Waals surface area contributed by atoms with Crippen LogP contribution in [0.25, 0.3) is 11.4 Å². The summed E-state index contributed by atoms with van der Waals surface area (Å²) in [4.78, 5) is 19.2. The first-order valence-corrected chi connectivity index (χ1v) is 8.97. The number of hydrogen-bond donors (Lipinski definition) is 0. The topological polar surface area (TPSA) is 59.2 Å². The Morgan fingerprint density at radius 2 is 2.08 bits per heavy atom. The normalized spacial score (nSPS) is 16.8. The van der Waals surface area contributed by atoms with Gasteiger partial charge in [-0.05, 0) is 44.0 Å². The molecular formula is C20H18ClN3O2. The van der Waals surface area contributed by atoms with Crippen LogP contribution in [0.1, 0.15) is 40.7 Å². The summed E-state index contributed by atoms with van der Waals surface area (Å²) in [5.41, 5.74) is 2.61. The summed E-state index contributed by atoms with van der Waals surface area (Å²) in [5.74, 6) is 0.963. The Bertz CT molecular complexity index is 953. The van der Waals surface area contributed by atoms with Gasteiger partial charge in [-0.3, -0.25) is 4.79 Å². The second kappa shape index (κ2) is 6.92. The molecule has 1 saturated heterocycles.